The van der Waals surface area contributed by atoms with E-state index in [0.29, 0.717) is 6.54 Å². The number of amides is 1. The molecule has 2 aromatic rings. The molecular weight excluding hydrogens is 404 g/mol. The van der Waals surface area contributed by atoms with Gasteiger partial charge in [0, 0.05) is 12.0 Å². The van der Waals surface area contributed by atoms with Crippen LogP contribution in [0.4, 0.5) is 0 Å². The third-order valence-electron chi connectivity index (χ3n) is 4.27. The molecule has 0 saturated carbocycles. The molecule has 0 spiro atoms. The van der Waals surface area contributed by atoms with Crippen LogP contribution in [-0.2, 0) is 24.3 Å². The van der Waals surface area contributed by atoms with E-state index in [1.54, 1.807) is 12.1 Å². The standard InChI is InChI=1S/C22H26N2O5S/c1-17-8-10-19(11-9-17)12-13-30(27,28)24-15-22(26)29-16-21(25)23-14-18(2)20-6-4-3-5-7-20/h3-13,18,24H,14-16H2,1-2H3,(H,23,25). The fraction of sp³-hybridized carbons (Fsp3) is 0.273. The van der Waals surface area contributed by atoms with E-state index in [1.807, 2.05) is 56.3 Å². The minimum atomic E-state index is -3.81. The molecule has 2 aromatic carbocycles. The molecule has 0 bridgehead atoms. The minimum absolute atomic E-state index is 0.109. The van der Waals surface area contributed by atoms with E-state index in [-0.39, 0.29) is 5.92 Å². The molecular formula is C22H26N2O5S. The molecule has 0 saturated heterocycles. The van der Waals surface area contributed by atoms with Crippen LogP contribution in [0.3, 0.4) is 0 Å². The average molecular weight is 431 g/mol. The average Bonchev–Trinajstić information content (AvgIpc) is 2.75. The third-order valence-corrected chi connectivity index (χ3v) is 5.31. The fourth-order valence-electron chi connectivity index (χ4n) is 2.47. The van der Waals surface area contributed by atoms with E-state index >= 15 is 0 Å². The van der Waals surface area contributed by atoms with Crippen molar-refractivity contribution in [3.8, 4) is 0 Å². The molecule has 1 atom stereocenters. The second-order valence-corrected chi connectivity index (χ2v) is 8.51. The summed E-state index contributed by atoms with van der Waals surface area (Å²) in [5.74, 6) is -1.18. The number of aryl methyl sites for hydroxylation is 1. The highest BCUT2D eigenvalue weighted by Crippen LogP contribution is 2.12. The SMILES string of the molecule is Cc1ccc(C=CS(=O)(=O)NCC(=O)OCC(=O)NCC(C)c2ccccc2)cc1. The maximum absolute atomic E-state index is 11.9. The predicted molar refractivity (Wildman–Crippen MR) is 116 cm³/mol. The van der Waals surface area contributed by atoms with Crippen LogP contribution in [0.15, 0.2) is 60.0 Å². The van der Waals surface area contributed by atoms with Crippen molar-refractivity contribution in [2.45, 2.75) is 19.8 Å². The highest BCUT2D eigenvalue weighted by atomic mass is 32.2. The van der Waals surface area contributed by atoms with Gasteiger partial charge in [-0.15, -0.1) is 0 Å². The third kappa shape index (κ3) is 8.59. The lowest BCUT2D eigenvalue weighted by atomic mass is 10.0. The molecule has 0 fully saturated rings. The van der Waals surface area contributed by atoms with E-state index < -0.39 is 35.1 Å². The summed E-state index contributed by atoms with van der Waals surface area (Å²) < 4.78 is 30.8. The molecule has 1 amide bonds. The Morgan fingerprint density at radius 1 is 1.07 bits per heavy atom. The number of rotatable bonds is 10. The Morgan fingerprint density at radius 3 is 2.40 bits per heavy atom. The molecule has 8 heteroatoms. The van der Waals surface area contributed by atoms with Gasteiger partial charge in [0.15, 0.2) is 6.61 Å². The van der Waals surface area contributed by atoms with E-state index in [0.717, 1.165) is 22.1 Å². The van der Waals surface area contributed by atoms with Gasteiger partial charge in [0.05, 0.1) is 0 Å². The lowest BCUT2D eigenvalue weighted by Gasteiger charge is -2.13. The maximum atomic E-state index is 11.9. The first-order chi connectivity index (χ1) is 14.2. The molecule has 1 unspecified atom stereocenters. The van der Waals surface area contributed by atoms with Gasteiger partial charge in [-0.05, 0) is 30.0 Å². The van der Waals surface area contributed by atoms with Gasteiger partial charge >= 0.3 is 5.97 Å². The van der Waals surface area contributed by atoms with Gasteiger partial charge in [-0.25, -0.2) is 13.1 Å². The number of hydrogen-bond acceptors (Lipinski definition) is 5. The van der Waals surface area contributed by atoms with Gasteiger partial charge in [0.2, 0.25) is 10.0 Å². The number of nitrogens with one attached hydrogen (secondary N) is 2. The van der Waals surface area contributed by atoms with Crippen molar-refractivity contribution in [1.82, 2.24) is 10.0 Å². The predicted octanol–water partition coefficient (Wildman–Crippen LogP) is 2.35. The van der Waals surface area contributed by atoms with Crippen molar-refractivity contribution in [2.24, 2.45) is 0 Å². The highest BCUT2D eigenvalue weighted by Gasteiger charge is 2.13. The zero-order valence-corrected chi connectivity index (χ0v) is 17.8. The lowest BCUT2D eigenvalue weighted by molar-refractivity contribution is -0.147. The lowest BCUT2D eigenvalue weighted by Crippen LogP contribution is -2.34. The van der Waals surface area contributed by atoms with Crippen LogP contribution >= 0.6 is 0 Å². The minimum Gasteiger partial charge on any atom is -0.455 e. The Labute approximate surface area is 177 Å². The monoisotopic (exact) mass is 430 g/mol. The van der Waals surface area contributed by atoms with Crippen molar-refractivity contribution < 1.29 is 22.7 Å². The Bertz CT molecular complexity index is 970. The van der Waals surface area contributed by atoms with E-state index in [2.05, 4.69) is 10.0 Å². The van der Waals surface area contributed by atoms with E-state index in [4.69, 9.17) is 4.74 Å². The van der Waals surface area contributed by atoms with Crippen molar-refractivity contribution >= 4 is 28.0 Å². The zero-order chi connectivity index (χ0) is 22.0. The Morgan fingerprint density at radius 2 is 1.73 bits per heavy atom. The summed E-state index contributed by atoms with van der Waals surface area (Å²) in [6.45, 7) is 3.27. The van der Waals surface area contributed by atoms with Gasteiger partial charge < -0.3 is 10.1 Å². The molecule has 0 radical (unpaired) electrons. The van der Waals surface area contributed by atoms with Gasteiger partial charge in [0.1, 0.15) is 6.54 Å². The van der Waals surface area contributed by atoms with Gasteiger partial charge in [-0.3, -0.25) is 9.59 Å². The number of carbonyl (C=O) groups is 2. The second kappa shape index (κ2) is 11.3. The number of sulfonamides is 1. The largest absolute Gasteiger partial charge is 0.455 e. The maximum Gasteiger partial charge on any atom is 0.321 e. The molecule has 0 aliphatic carbocycles. The van der Waals surface area contributed by atoms with Crippen LogP contribution in [-0.4, -0.2) is 40.0 Å². The number of hydrogen-bond donors (Lipinski definition) is 2. The Balaban J connectivity index is 1.69. The summed E-state index contributed by atoms with van der Waals surface area (Å²) in [5.41, 5.74) is 2.87. The molecule has 2 rings (SSSR count). The molecule has 7 nitrogen and oxygen atoms in total. The van der Waals surface area contributed by atoms with E-state index in [9.17, 15) is 18.0 Å². The first-order valence-electron chi connectivity index (χ1n) is 9.47. The van der Waals surface area contributed by atoms with Gasteiger partial charge in [-0.2, -0.15) is 0 Å². The Kier molecular flexibility index (Phi) is 8.76. The molecule has 0 heterocycles. The van der Waals surface area contributed by atoms with Crippen LogP contribution in [0, 0.1) is 6.92 Å². The summed E-state index contributed by atoms with van der Waals surface area (Å²) in [6.07, 6.45) is 1.43. The first-order valence-corrected chi connectivity index (χ1v) is 11.0. The fourth-order valence-corrected chi connectivity index (χ4v) is 3.22. The van der Waals surface area contributed by atoms with Crippen LogP contribution < -0.4 is 10.0 Å². The molecule has 30 heavy (non-hydrogen) atoms. The van der Waals surface area contributed by atoms with Crippen LogP contribution in [0.1, 0.15) is 29.5 Å². The molecule has 0 aromatic heterocycles. The van der Waals surface area contributed by atoms with Crippen LogP contribution in [0.5, 0.6) is 0 Å². The van der Waals surface area contributed by atoms with Crippen LogP contribution in [0.2, 0.25) is 0 Å². The smallest absolute Gasteiger partial charge is 0.321 e. The number of esters is 1. The van der Waals surface area contributed by atoms with Crippen molar-refractivity contribution in [3.05, 3.63) is 76.7 Å². The summed E-state index contributed by atoms with van der Waals surface area (Å²) >= 11 is 0. The topological polar surface area (TPSA) is 102 Å². The summed E-state index contributed by atoms with van der Waals surface area (Å²) in [7, 11) is -3.81. The molecule has 0 aliphatic rings. The molecule has 2 N–H and O–H groups in total. The quantitative estimate of drug-likeness (QED) is 0.564. The Hall–Kier alpha value is -2.97. The number of ether oxygens (including phenoxy) is 1. The number of benzene rings is 2. The number of carbonyl (C=O) groups excluding carboxylic acids is 2. The normalized spacial score (nSPS) is 12.5. The van der Waals surface area contributed by atoms with Gasteiger partial charge in [0.25, 0.3) is 5.91 Å². The van der Waals surface area contributed by atoms with Gasteiger partial charge in [-0.1, -0.05) is 67.1 Å². The van der Waals surface area contributed by atoms with Crippen molar-refractivity contribution in [2.75, 3.05) is 19.7 Å². The van der Waals surface area contributed by atoms with Crippen molar-refractivity contribution in [1.29, 1.82) is 0 Å². The van der Waals surface area contributed by atoms with E-state index in [1.165, 1.54) is 6.08 Å². The van der Waals surface area contributed by atoms with Crippen molar-refractivity contribution in [3.63, 3.8) is 0 Å². The summed E-state index contributed by atoms with van der Waals surface area (Å²) in [5, 5.41) is 3.66. The van der Waals surface area contributed by atoms with Crippen LogP contribution in [0.25, 0.3) is 6.08 Å². The summed E-state index contributed by atoms with van der Waals surface area (Å²) in [6, 6.07) is 17.0. The molecule has 160 valence electrons. The molecule has 0 aliphatic heterocycles. The highest BCUT2D eigenvalue weighted by molar-refractivity contribution is 7.92. The zero-order valence-electron chi connectivity index (χ0n) is 17.0. The first kappa shape index (κ1) is 23.3. The summed E-state index contributed by atoms with van der Waals surface area (Å²) in [4.78, 5) is 23.5. The second-order valence-electron chi connectivity index (χ2n) is 6.86.